The molecule has 1 aliphatic rings. The fraction of sp³-hybridized carbons (Fsp3) is 0.667. The van der Waals surface area contributed by atoms with Crippen molar-refractivity contribution in [3.05, 3.63) is 17.5 Å². The lowest BCUT2D eigenvalue weighted by molar-refractivity contribution is -0.123. The quantitative estimate of drug-likeness (QED) is 0.845. The average molecular weight is 222 g/mol. The second kappa shape index (κ2) is 3.92. The van der Waals surface area contributed by atoms with Crippen molar-refractivity contribution in [1.82, 2.24) is 10.5 Å². The number of carbonyl (C=O) groups excluding carboxylic acids is 1. The van der Waals surface area contributed by atoms with Crippen LogP contribution in [0.1, 0.15) is 38.1 Å². The van der Waals surface area contributed by atoms with Crippen LogP contribution in [-0.2, 0) is 10.2 Å². The van der Waals surface area contributed by atoms with Crippen LogP contribution in [0.3, 0.4) is 0 Å². The Labute approximate surface area is 95.4 Å². The van der Waals surface area contributed by atoms with Crippen molar-refractivity contribution in [2.45, 2.75) is 39.0 Å². The number of aryl methyl sites for hydroxylation is 1. The van der Waals surface area contributed by atoms with E-state index in [2.05, 4.69) is 24.3 Å². The maximum absolute atomic E-state index is 12.0. The minimum absolute atomic E-state index is 0.0921. The van der Waals surface area contributed by atoms with E-state index in [0.29, 0.717) is 5.92 Å². The number of nitrogens with one attached hydrogen (secondary N) is 1. The van der Waals surface area contributed by atoms with Crippen LogP contribution in [-0.4, -0.2) is 17.6 Å². The third kappa shape index (κ3) is 1.96. The molecule has 16 heavy (non-hydrogen) atoms. The molecule has 0 unspecified atom stereocenters. The Bertz CT molecular complexity index is 391. The zero-order valence-electron chi connectivity index (χ0n) is 10.0. The van der Waals surface area contributed by atoms with Crippen molar-refractivity contribution in [2.75, 3.05) is 6.54 Å². The molecule has 1 aromatic rings. The van der Waals surface area contributed by atoms with Gasteiger partial charge in [0, 0.05) is 12.6 Å². The molecule has 0 spiro atoms. The maximum atomic E-state index is 12.0. The third-order valence-electron chi connectivity index (χ3n) is 2.97. The van der Waals surface area contributed by atoms with E-state index in [4.69, 9.17) is 4.52 Å². The van der Waals surface area contributed by atoms with Gasteiger partial charge in [0.2, 0.25) is 5.91 Å². The first kappa shape index (κ1) is 11.2. The molecule has 1 saturated carbocycles. The molecule has 0 saturated heterocycles. The van der Waals surface area contributed by atoms with E-state index >= 15 is 0 Å². The molecule has 1 heterocycles. The molecule has 1 aliphatic carbocycles. The van der Waals surface area contributed by atoms with Gasteiger partial charge in [-0.3, -0.25) is 4.79 Å². The van der Waals surface area contributed by atoms with E-state index in [0.717, 1.165) is 30.8 Å². The summed E-state index contributed by atoms with van der Waals surface area (Å²) in [6.45, 7) is 6.73. The molecule has 0 aliphatic heterocycles. The zero-order chi connectivity index (χ0) is 11.8. The highest BCUT2D eigenvalue weighted by Crippen LogP contribution is 2.47. The number of amides is 1. The third-order valence-corrected chi connectivity index (χ3v) is 2.97. The Hall–Kier alpha value is -1.32. The van der Waals surface area contributed by atoms with E-state index < -0.39 is 5.41 Å². The second-order valence-electron chi connectivity index (χ2n) is 5.01. The van der Waals surface area contributed by atoms with Crippen LogP contribution in [0.5, 0.6) is 0 Å². The predicted octanol–water partition coefficient (Wildman–Crippen LogP) is 1.79. The lowest BCUT2D eigenvalue weighted by Crippen LogP contribution is -2.36. The molecular weight excluding hydrogens is 204 g/mol. The number of aromatic nitrogens is 1. The van der Waals surface area contributed by atoms with Gasteiger partial charge in [-0.25, -0.2) is 0 Å². The summed E-state index contributed by atoms with van der Waals surface area (Å²) in [4.78, 5) is 12.0. The summed E-state index contributed by atoms with van der Waals surface area (Å²) in [5.41, 5.74) is 0.387. The summed E-state index contributed by atoms with van der Waals surface area (Å²) in [6.07, 6.45) is 1.76. The predicted molar refractivity (Wildman–Crippen MR) is 60.0 cm³/mol. The normalized spacial score (nSPS) is 17.5. The van der Waals surface area contributed by atoms with Gasteiger partial charge in [-0.2, -0.15) is 0 Å². The Morgan fingerprint density at radius 2 is 2.31 bits per heavy atom. The smallest absolute Gasteiger partial charge is 0.232 e. The van der Waals surface area contributed by atoms with Crippen molar-refractivity contribution in [3.8, 4) is 0 Å². The first-order valence-electron chi connectivity index (χ1n) is 5.77. The van der Waals surface area contributed by atoms with Crippen LogP contribution < -0.4 is 5.32 Å². The highest BCUT2D eigenvalue weighted by Gasteiger charge is 2.53. The van der Waals surface area contributed by atoms with Gasteiger partial charge in [-0.15, -0.1) is 0 Å². The van der Waals surface area contributed by atoms with Crippen LogP contribution in [0.4, 0.5) is 0 Å². The minimum Gasteiger partial charge on any atom is -0.361 e. The molecule has 0 radical (unpaired) electrons. The largest absolute Gasteiger partial charge is 0.361 e. The number of nitrogens with zero attached hydrogens (tertiary/aromatic N) is 1. The Morgan fingerprint density at radius 1 is 1.62 bits per heavy atom. The summed E-state index contributed by atoms with van der Waals surface area (Å²) >= 11 is 0. The van der Waals surface area contributed by atoms with Crippen molar-refractivity contribution < 1.29 is 9.32 Å². The van der Waals surface area contributed by atoms with Gasteiger partial charge >= 0.3 is 0 Å². The molecule has 1 N–H and O–H groups in total. The molecule has 0 aromatic carbocycles. The summed E-state index contributed by atoms with van der Waals surface area (Å²) < 4.78 is 5.04. The Morgan fingerprint density at radius 3 is 2.75 bits per heavy atom. The van der Waals surface area contributed by atoms with Gasteiger partial charge in [0.1, 0.15) is 5.76 Å². The number of hydrogen-bond donors (Lipinski definition) is 1. The van der Waals surface area contributed by atoms with Gasteiger partial charge in [0.15, 0.2) is 0 Å². The molecule has 0 bridgehead atoms. The van der Waals surface area contributed by atoms with Crippen LogP contribution in [0, 0.1) is 12.8 Å². The van der Waals surface area contributed by atoms with Crippen LogP contribution in [0.25, 0.3) is 0 Å². The Kier molecular flexibility index (Phi) is 2.74. The van der Waals surface area contributed by atoms with E-state index in [1.807, 2.05) is 13.0 Å². The number of hydrogen-bond acceptors (Lipinski definition) is 3. The highest BCUT2D eigenvalue weighted by molar-refractivity contribution is 5.90. The van der Waals surface area contributed by atoms with E-state index in [-0.39, 0.29) is 5.91 Å². The van der Waals surface area contributed by atoms with E-state index in [9.17, 15) is 4.79 Å². The molecular formula is C12H18N2O2. The molecule has 1 aromatic heterocycles. The van der Waals surface area contributed by atoms with Crippen molar-refractivity contribution in [3.63, 3.8) is 0 Å². The molecule has 1 amide bonds. The number of carbonyl (C=O) groups is 1. The van der Waals surface area contributed by atoms with Crippen LogP contribution in [0.2, 0.25) is 0 Å². The van der Waals surface area contributed by atoms with Crippen molar-refractivity contribution in [2.24, 2.45) is 5.92 Å². The first-order chi connectivity index (χ1) is 7.54. The van der Waals surface area contributed by atoms with Gasteiger partial charge in [0.25, 0.3) is 0 Å². The lowest BCUT2D eigenvalue weighted by Gasteiger charge is -2.13. The highest BCUT2D eigenvalue weighted by atomic mass is 16.5. The summed E-state index contributed by atoms with van der Waals surface area (Å²) in [6, 6.07) is 1.86. The van der Waals surface area contributed by atoms with Gasteiger partial charge in [-0.05, 0) is 25.7 Å². The average Bonchev–Trinajstić information content (AvgIpc) is 2.93. The summed E-state index contributed by atoms with van der Waals surface area (Å²) in [7, 11) is 0. The summed E-state index contributed by atoms with van der Waals surface area (Å²) in [5.74, 6) is 1.33. The molecule has 88 valence electrons. The van der Waals surface area contributed by atoms with Crippen molar-refractivity contribution in [1.29, 1.82) is 0 Å². The summed E-state index contributed by atoms with van der Waals surface area (Å²) in [5, 5.41) is 6.93. The number of rotatable bonds is 4. The lowest BCUT2D eigenvalue weighted by atomic mass is 10.0. The van der Waals surface area contributed by atoms with Gasteiger partial charge in [-0.1, -0.05) is 19.0 Å². The Balaban J connectivity index is 2.05. The molecule has 4 nitrogen and oxygen atoms in total. The van der Waals surface area contributed by atoms with Crippen molar-refractivity contribution >= 4 is 5.91 Å². The SMILES string of the molecule is Cc1cc(C2(C(=O)NCC(C)C)CC2)no1. The van der Waals surface area contributed by atoms with Gasteiger partial charge in [0.05, 0.1) is 11.1 Å². The van der Waals surface area contributed by atoms with E-state index in [1.165, 1.54) is 0 Å². The fourth-order valence-electron chi connectivity index (χ4n) is 1.78. The molecule has 2 rings (SSSR count). The molecule has 4 heteroatoms. The van der Waals surface area contributed by atoms with Gasteiger partial charge < -0.3 is 9.84 Å². The minimum atomic E-state index is -0.396. The standard InChI is InChI=1S/C12H18N2O2/c1-8(2)7-13-11(15)12(4-5-12)10-6-9(3)16-14-10/h6,8H,4-5,7H2,1-3H3,(H,13,15). The fourth-order valence-corrected chi connectivity index (χ4v) is 1.78. The van der Waals surface area contributed by atoms with E-state index in [1.54, 1.807) is 0 Å². The van der Waals surface area contributed by atoms with Crippen LogP contribution in [0.15, 0.2) is 10.6 Å². The molecule has 0 atom stereocenters. The van der Waals surface area contributed by atoms with Crippen LogP contribution >= 0.6 is 0 Å². The first-order valence-corrected chi connectivity index (χ1v) is 5.77. The zero-order valence-corrected chi connectivity index (χ0v) is 10.0. The topological polar surface area (TPSA) is 55.1 Å². The molecule has 1 fully saturated rings. The monoisotopic (exact) mass is 222 g/mol. The second-order valence-corrected chi connectivity index (χ2v) is 5.01. The maximum Gasteiger partial charge on any atom is 0.232 e.